The molecule has 18 heavy (non-hydrogen) atoms. The van der Waals surface area contributed by atoms with Gasteiger partial charge in [0.25, 0.3) is 0 Å². The number of phenols is 1. The van der Waals surface area contributed by atoms with Crippen molar-refractivity contribution >= 4 is 11.7 Å². The number of hydrogen-bond donors (Lipinski definition) is 2. The molecule has 7 nitrogen and oxygen atoms in total. The van der Waals surface area contributed by atoms with E-state index < -0.39 is 22.7 Å². The van der Waals surface area contributed by atoms with Gasteiger partial charge in [-0.25, -0.2) is 0 Å². The number of ether oxygens (including phenoxy) is 1. The zero-order valence-electron chi connectivity index (χ0n) is 9.83. The third-order valence-corrected chi connectivity index (χ3v) is 2.28. The normalized spacial score (nSPS) is 11.9. The maximum atomic E-state index is 11.3. The van der Waals surface area contributed by atoms with Crippen LogP contribution in [0.5, 0.6) is 5.75 Å². The van der Waals surface area contributed by atoms with Crippen LogP contribution >= 0.6 is 0 Å². The number of aromatic hydroxyl groups is 1. The summed E-state index contributed by atoms with van der Waals surface area (Å²) in [5.74, 6) is -0.996. The maximum absolute atomic E-state index is 11.3. The van der Waals surface area contributed by atoms with Crippen molar-refractivity contribution in [2.75, 3.05) is 6.61 Å². The maximum Gasteiger partial charge on any atom is 0.323 e. The number of nitro benzene ring substituents is 1. The average molecular weight is 254 g/mol. The summed E-state index contributed by atoms with van der Waals surface area (Å²) < 4.78 is 4.73. The predicted molar refractivity (Wildman–Crippen MR) is 63.1 cm³/mol. The van der Waals surface area contributed by atoms with E-state index in [0.29, 0.717) is 5.56 Å². The van der Waals surface area contributed by atoms with E-state index in [4.69, 9.17) is 10.5 Å². The number of nitro groups is 1. The fraction of sp³-hybridized carbons (Fsp3) is 0.364. The lowest BCUT2D eigenvalue weighted by molar-refractivity contribution is -0.385. The van der Waals surface area contributed by atoms with E-state index >= 15 is 0 Å². The molecule has 0 aromatic heterocycles. The molecule has 0 amide bonds. The number of nitrogens with zero attached hydrogens (tertiary/aromatic N) is 1. The smallest absolute Gasteiger partial charge is 0.323 e. The highest BCUT2D eigenvalue weighted by atomic mass is 16.6. The van der Waals surface area contributed by atoms with Crippen molar-refractivity contribution in [3.8, 4) is 5.75 Å². The van der Waals surface area contributed by atoms with E-state index in [1.807, 2.05) is 0 Å². The minimum atomic E-state index is -0.856. The summed E-state index contributed by atoms with van der Waals surface area (Å²) in [6.45, 7) is 1.90. The first kappa shape index (κ1) is 13.9. The lowest BCUT2D eigenvalue weighted by Crippen LogP contribution is -2.34. The van der Waals surface area contributed by atoms with Gasteiger partial charge in [0.2, 0.25) is 0 Å². The molecule has 0 spiro atoms. The number of phenolic OH excluding ortho intramolecular Hbond substituents is 1. The van der Waals surface area contributed by atoms with Crippen LogP contribution in [0.3, 0.4) is 0 Å². The van der Waals surface area contributed by atoms with Crippen LogP contribution in [0.1, 0.15) is 12.5 Å². The SMILES string of the molecule is CCOC(=O)C(N)Cc1ccc([N+](=O)[O-])c(O)c1. The van der Waals surface area contributed by atoms with Crippen LogP contribution in [0.2, 0.25) is 0 Å². The molecule has 0 fully saturated rings. The second kappa shape index (κ2) is 5.97. The monoisotopic (exact) mass is 254 g/mol. The van der Waals surface area contributed by atoms with Crippen LogP contribution < -0.4 is 5.73 Å². The molecule has 7 heteroatoms. The summed E-state index contributed by atoms with van der Waals surface area (Å²) in [7, 11) is 0. The Bertz CT molecular complexity index is 461. The Balaban J connectivity index is 2.77. The molecule has 1 unspecified atom stereocenters. The van der Waals surface area contributed by atoms with Gasteiger partial charge in [-0.3, -0.25) is 14.9 Å². The molecular formula is C11H14N2O5. The Labute approximate surface area is 103 Å². The van der Waals surface area contributed by atoms with Crippen molar-refractivity contribution in [3.05, 3.63) is 33.9 Å². The van der Waals surface area contributed by atoms with Crippen LogP contribution in [0.4, 0.5) is 5.69 Å². The zero-order valence-corrected chi connectivity index (χ0v) is 9.83. The number of hydrogen-bond acceptors (Lipinski definition) is 6. The van der Waals surface area contributed by atoms with Gasteiger partial charge >= 0.3 is 11.7 Å². The van der Waals surface area contributed by atoms with Crippen molar-refractivity contribution in [2.24, 2.45) is 5.73 Å². The Morgan fingerprint density at radius 3 is 2.78 bits per heavy atom. The van der Waals surface area contributed by atoms with Crippen LogP contribution in [-0.2, 0) is 16.0 Å². The molecule has 0 radical (unpaired) electrons. The topological polar surface area (TPSA) is 116 Å². The van der Waals surface area contributed by atoms with Crippen molar-refractivity contribution in [1.82, 2.24) is 0 Å². The summed E-state index contributed by atoms with van der Waals surface area (Å²) >= 11 is 0. The third-order valence-electron chi connectivity index (χ3n) is 2.28. The second-order valence-electron chi connectivity index (χ2n) is 3.64. The van der Waals surface area contributed by atoms with Crippen LogP contribution in [0, 0.1) is 10.1 Å². The third kappa shape index (κ3) is 3.42. The van der Waals surface area contributed by atoms with E-state index in [2.05, 4.69) is 0 Å². The Kier molecular flexibility index (Phi) is 4.61. The lowest BCUT2D eigenvalue weighted by Gasteiger charge is -2.10. The highest BCUT2D eigenvalue weighted by molar-refractivity contribution is 5.75. The van der Waals surface area contributed by atoms with Gasteiger partial charge in [0.15, 0.2) is 5.75 Å². The molecule has 0 aliphatic heterocycles. The van der Waals surface area contributed by atoms with Crippen molar-refractivity contribution in [1.29, 1.82) is 0 Å². The summed E-state index contributed by atoms with van der Waals surface area (Å²) in [6, 6.07) is 2.97. The van der Waals surface area contributed by atoms with E-state index in [1.165, 1.54) is 18.2 Å². The number of esters is 1. The fourth-order valence-electron chi connectivity index (χ4n) is 1.44. The van der Waals surface area contributed by atoms with E-state index in [-0.39, 0.29) is 18.7 Å². The molecule has 98 valence electrons. The molecule has 1 aromatic carbocycles. The summed E-state index contributed by atoms with van der Waals surface area (Å²) in [6.07, 6.45) is 0.143. The van der Waals surface area contributed by atoms with Crippen molar-refractivity contribution < 1.29 is 19.6 Å². The first-order valence-electron chi connectivity index (χ1n) is 5.34. The summed E-state index contributed by atoms with van der Waals surface area (Å²) in [5, 5.41) is 19.9. The molecule has 1 rings (SSSR count). The van der Waals surface area contributed by atoms with E-state index in [0.717, 1.165) is 0 Å². The van der Waals surface area contributed by atoms with Gasteiger partial charge in [-0.15, -0.1) is 0 Å². The van der Waals surface area contributed by atoms with Crippen LogP contribution in [-0.4, -0.2) is 28.6 Å². The molecule has 0 saturated heterocycles. The number of benzene rings is 1. The average Bonchev–Trinajstić information content (AvgIpc) is 2.28. The van der Waals surface area contributed by atoms with E-state index in [1.54, 1.807) is 6.92 Å². The Hall–Kier alpha value is -2.15. The molecule has 0 saturated carbocycles. The summed E-state index contributed by atoms with van der Waals surface area (Å²) in [5.41, 5.74) is 5.73. The van der Waals surface area contributed by atoms with Crippen LogP contribution in [0.15, 0.2) is 18.2 Å². The van der Waals surface area contributed by atoms with Crippen LogP contribution in [0.25, 0.3) is 0 Å². The Morgan fingerprint density at radius 1 is 1.61 bits per heavy atom. The van der Waals surface area contributed by atoms with Crippen molar-refractivity contribution in [2.45, 2.75) is 19.4 Å². The molecule has 0 bridgehead atoms. The molecule has 1 atom stereocenters. The minimum absolute atomic E-state index is 0.143. The number of carbonyl (C=O) groups is 1. The second-order valence-corrected chi connectivity index (χ2v) is 3.64. The Morgan fingerprint density at radius 2 is 2.28 bits per heavy atom. The van der Waals surface area contributed by atoms with Gasteiger partial charge in [-0.2, -0.15) is 0 Å². The zero-order chi connectivity index (χ0) is 13.7. The van der Waals surface area contributed by atoms with E-state index in [9.17, 15) is 20.0 Å². The van der Waals surface area contributed by atoms with Gasteiger partial charge in [-0.1, -0.05) is 6.07 Å². The number of nitrogens with two attached hydrogens (primary N) is 1. The standard InChI is InChI=1S/C11H14N2O5/c1-2-18-11(15)8(12)5-7-3-4-9(13(16)17)10(14)6-7/h3-4,6,8,14H,2,5,12H2,1H3. The minimum Gasteiger partial charge on any atom is -0.502 e. The quantitative estimate of drug-likeness (QED) is 0.454. The predicted octanol–water partition coefficient (Wildman–Crippen LogP) is 0.733. The first-order valence-corrected chi connectivity index (χ1v) is 5.34. The highest BCUT2D eigenvalue weighted by Crippen LogP contribution is 2.26. The number of carbonyl (C=O) groups excluding carboxylic acids is 1. The van der Waals surface area contributed by atoms with Gasteiger partial charge in [0.1, 0.15) is 6.04 Å². The van der Waals surface area contributed by atoms with Gasteiger partial charge in [-0.05, 0) is 25.0 Å². The number of rotatable bonds is 5. The summed E-state index contributed by atoms with van der Waals surface area (Å²) in [4.78, 5) is 21.1. The van der Waals surface area contributed by atoms with Gasteiger partial charge < -0.3 is 15.6 Å². The largest absolute Gasteiger partial charge is 0.502 e. The van der Waals surface area contributed by atoms with Gasteiger partial charge in [0, 0.05) is 6.07 Å². The molecular weight excluding hydrogens is 240 g/mol. The highest BCUT2D eigenvalue weighted by Gasteiger charge is 2.18. The molecule has 0 aliphatic rings. The lowest BCUT2D eigenvalue weighted by atomic mass is 10.1. The first-order chi connectivity index (χ1) is 8.45. The molecule has 3 N–H and O–H groups in total. The molecule has 0 aliphatic carbocycles. The fourth-order valence-corrected chi connectivity index (χ4v) is 1.44. The molecule has 1 aromatic rings. The van der Waals surface area contributed by atoms with Gasteiger partial charge in [0.05, 0.1) is 11.5 Å². The molecule has 0 heterocycles. The van der Waals surface area contributed by atoms with Crippen molar-refractivity contribution in [3.63, 3.8) is 0 Å².